The van der Waals surface area contributed by atoms with Gasteiger partial charge in [-0.3, -0.25) is 14.5 Å². The third-order valence-electron chi connectivity index (χ3n) is 3.68. The van der Waals surface area contributed by atoms with Crippen LogP contribution in [0.4, 0.5) is 13.2 Å². The third kappa shape index (κ3) is 4.35. The van der Waals surface area contributed by atoms with Crippen molar-refractivity contribution in [1.29, 1.82) is 0 Å². The second kappa shape index (κ2) is 6.09. The minimum absolute atomic E-state index is 0.173. The zero-order valence-electron chi connectivity index (χ0n) is 11.7. The number of likely N-dealkylation sites (tertiary alicyclic amines) is 1. The molecular formula is C12H21F3N2O2. The largest absolute Gasteiger partial charge is 0.401 e. The molecule has 1 aliphatic heterocycles. The fourth-order valence-electron chi connectivity index (χ4n) is 2.69. The van der Waals surface area contributed by atoms with Gasteiger partial charge in [0.05, 0.1) is 13.7 Å². The van der Waals surface area contributed by atoms with Gasteiger partial charge in [-0.05, 0) is 26.7 Å². The number of hydroxylamine groups is 2. The Hall–Kier alpha value is -0.820. The van der Waals surface area contributed by atoms with Gasteiger partial charge in [-0.15, -0.1) is 0 Å². The molecule has 0 saturated carbocycles. The first-order valence-corrected chi connectivity index (χ1v) is 6.30. The van der Waals surface area contributed by atoms with E-state index in [0.29, 0.717) is 12.8 Å². The van der Waals surface area contributed by atoms with E-state index in [2.05, 4.69) is 0 Å². The summed E-state index contributed by atoms with van der Waals surface area (Å²) in [6.07, 6.45) is -3.36. The van der Waals surface area contributed by atoms with Gasteiger partial charge in [-0.25, -0.2) is 5.06 Å². The van der Waals surface area contributed by atoms with Crippen LogP contribution in [0.1, 0.15) is 26.7 Å². The van der Waals surface area contributed by atoms with Gasteiger partial charge < -0.3 is 0 Å². The van der Waals surface area contributed by atoms with Crippen molar-refractivity contribution < 1.29 is 22.8 Å². The zero-order chi connectivity index (χ0) is 14.8. The van der Waals surface area contributed by atoms with Gasteiger partial charge in [0.1, 0.15) is 0 Å². The van der Waals surface area contributed by atoms with Crippen molar-refractivity contribution in [2.75, 3.05) is 20.7 Å². The summed E-state index contributed by atoms with van der Waals surface area (Å²) in [6.45, 7) is 2.54. The standard InChI is InChI=1S/C12H21F3N2O2/c1-8-5-10(11(18)16(3)19-4)6-9(2)17(8)7-12(13,14)15/h8-10H,5-7H2,1-4H3. The second-order valence-electron chi connectivity index (χ2n) is 5.17. The molecule has 112 valence electrons. The monoisotopic (exact) mass is 282 g/mol. The third-order valence-corrected chi connectivity index (χ3v) is 3.68. The summed E-state index contributed by atoms with van der Waals surface area (Å²) in [5.41, 5.74) is 0. The van der Waals surface area contributed by atoms with E-state index in [0.717, 1.165) is 5.06 Å². The summed E-state index contributed by atoms with van der Waals surface area (Å²) < 4.78 is 37.5. The molecule has 1 heterocycles. The van der Waals surface area contributed by atoms with Crippen LogP contribution in [0.2, 0.25) is 0 Å². The maximum Gasteiger partial charge on any atom is 0.401 e. The minimum Gasteiger partial charge on any atom is -0.290 e. The molecule has 0 bridgehead atoms. The number of hydrogen-bond donors (Lipinski definition) is 0. The molecule has 0 aromatic carbocycles. The molecule has 0 aromatic heterocycles. The minimum atomic E-state index is -4.21. The van der Waals surface area contributed by atoms with E-state index in [1.165, 1.54) is 19.1 Å². The lowest BCUT2D eigenvalue weighted by Gasteiger charge is -2.42. The first-order valence-electron chi connectivity index (χ1n) is 6.30. The molecule has 2 unspecified atom stereocenters. The number of nitrogens with zero attached hydrogens (tertiary/aromatic N) is 2. The number of piperidine rings is 1. The van der Waals surface area contributed by atoms with Gasteiger partial charge in [0.15, 0.2) is 0 Å². The highest BCUT2D eigenvalue weighted by molar-refractivity contribution is 5.77. The smallest absolute Gasteiger partial charge is 0.290 e. The number of carbonyl (C=O) groups is 1. The molecule has 1 rings (SSSR count). The molecule has 2 atom stereocenters. The molecule has 4 nitrogen and oxygen atoms in total. The summed E-state index contributed by atoms with van der Waals surface area (Å²) >= 11 is 0. The molecule has 0 radical (unpaired) electrons. The maximum atomic E-state index is 12.5. The first kappa shape index (κ1) is 16.2. The zero-order valence-corrected chi connectivity index (χ0v) is 11.7. The molecule has 0 aliphatic carbocycles. The van der Waals surface area contributed by atoms with Crippen LogP contribution < -0.4 is 0 Å². The van der Waals surface area contributed by atoms with Crippen molar-refractivity contribution in [3.05, 3.63) is 0 Å². The highest BCUT2D eigenvalue weighted by Crippen LogP contribution is 2.31. The van der Waals surface area contributed by atoms with Crippen molar-refractivity contribution in [3.63, 3.8) is 0 Å². The number of carbonyl (C=O) groups excluding carboxylic acids is 1. The normalized spacial score (nSPS) is 29.3. The molecule has 1 saturated heterocycles. The average molecular weight is 282 g/mol. The van der Waals surface area contributed by atoms with Gasteiger partial charge in [-0.2, -0.15) is 13.2 Å². The molecule has 7 heteroatoms. The van der Waals surface area contributed by atoms with E-state index >= 15 is 0 Å². The Morgan fingerprint density at radius 2 is 1.79 bits per heavy atom. The van der Waals surface area contributed by atoms with Crippen molar-refractivity contribution in [2.24, 2.45) is 5.92 Å². The van der Waals surface area contributed by atoms with Crippen molar-refractivity contribution in [3.8, 4) is 0 Å². The van der Waals surface area contributed by atoms with Crippen molar-refractivity contribution >= 4 is 5.91 Å². The van der Waals surface area contributed by atoms with Crippen LogP contribution in [0, 0.1) is 5.92 Å². The Labute approximate surface area is 111 Å². The van der Waals surface area contributed by atoms with Crippen molar-refractivity contribution in [1.82, 2.24) is 9.96 Å². The van der Waals surface area contributed by atoms with Crippen LogP contribution in [-0.2, 0) is 9.63 Å². The van der Waals surface area contributed by atoms with Crippen molar-refractivity contribution in [2.45, 2.75) is 44.9 Å². The molecular weight excluding hydrogens is 261 g/mol. The van der Waals surface area contributed by atoms with Gasteiger partial charge in [0, 0.05) is 25.0 Å². The van der Waals surface area contributed by atoms with E-state index < -0.39 is 12.7 Å². The topological polar surface area (TPSA) is 32.8 Å². The van der Waals surface area contributed by atoms with Crippen LogP contribution >= 0.6 is 0 Å². The van der Waals surface area contributed by atoms with Gasteiger partial charge in [0.2, 0.25) is 5.91 Å². The quantitative estimate of drug-likeness (QED) is 0.743. The molecule has 1 amide bonds. The molecule has 1 fully saturated rings. The Morgan fingerprint density at radius 1 is 1.32 bits per heavy atom. The lowest BCUT2D eigenvalue weighted by Crippen LogP contribution is -2.52. The lowest BCUT2D eigenvalue weighted by molar-refractivity contribution is -0.180. The van der Waals surface area contributed by atoms with E-state index in [9.17, 15) is 18.0 Å². The number of amides is 1. The molecule has 0 spiro atoms. The summed E-state index contributed by atoms with van der Waals surface area (Å²) in [6, 6.07) is -0.547. The SMILES string of the molecule is CON(C)C(=O)C1CC(C)N(CC(F)(F)F)C(C)C1. The Morgan fingerprint density at radius 3 is 2.16 bits per heavy atom. The van der Waals surface area contributed by atoms with Gasteiger partial charge >= 0.3 is 6.18 Å². The highest BCUT2D eigenvalue weighted by Gasteiger charge is 2.40. The fraction of sp³-hybridized carbons (Fsp3) is 0.917. The summed E-state index contributed by atoms with van der Waals surface area (Å²) in [7, 11) is 2.91. The van der Waals surface area contributed by atoms with Crippen LogP contribution in [0.3, 0.4) is 0 Å². The Balaban J connectivity index is 2.68. The maximum absolute atomic E-state index is 12.5. The fourth-order valence-corrected chi connectivity index (χ4v) is 2.69. The van der Waals surface area contributed by atoms with Gasteiger partial charge in [0.25, 0.3) is 0 Å². The first-order chi connectivity index (χ1) is 8.65. The van der Waals surface area contributed by atoms with Crippen LogP contribution in [0.5, 0.6) is 0 Å². The predicted molar refractivity (Wildman–Crippen MR) is 64.2 cm³/mol. The molecule has 1 aliphatic rings. The summed E-state index contributed by atoms with van der Waals surface area (Å²) in [4.78, 5) is 18.2. The highest BCUT2D eigenvalue weighted by atomic mass is 19.4. The Kier molecular flexibility index (Phi) is 5.20. The van der Waals surface area contributed by atoms with E-state index in [1.54, 1.807) is 13.8 Å². The second-order valence-corrected chi connectivity index (χ2v) is 5.17. The van der Waals surface area contributed by atoms with E-state index in [1.807, 2.05) is 0 Å². The average Bonchev–Trinajstić information content (AvgIpc) is 2.30. The number of halogens is 3. The molecule has 0 N–H and O–H groups in total. The van der Waals surface area contributed by atoms with Gasteiger partial charge in [-0.1, -0.05) is 0 Å². The van der Waals surface area contributed by atoms with Crippen LogP contribution in [0.15, 0.2) is 0 Å². The summed E-state index contributed by atoms with van der Waals surface area (Å²) in [5.74, 6) is -0.452. The number of alkyl halides is 3. The van der Waals surface area contributed by atoms with Crippen LogP contribution in [-0.4, -0.2) is 54.8 Å². The lowest BCUT2D eigenvalue weighted by atomic mass is 9.86. The number of hydrogen-bond acceptors (Lipinski definition) is 3. The molecule has 0 aromatic rings. The van der Waals surface area contributed by atoms with E-state index in [-0.39, 0.29) is 23.9 Å². The predicted octanol–water partition coefficient (Wildman–Crippen LogP) is 2.06. The van der Waals surface area contributed by atoms with Crippen LogP contribution in [0.25, 0.3) is 0 Å². The number of rotatable bonds is 3. The Bertz CT molecular complexity index is 311. The molecule has 19 heavy (non-hydrogen) atoms. The van der Waals surface area contributed by atoms with E-state index in [4.69, 9.17) is 4.84 Å². The summed E-state index contributed by atoms with van der Waals surface area (Å²) in [5, 5.41) is 1.14.